The number of nitrogens with zero attached hydrogens (tertiary/aromatic N) is 2. The molecule has 126 valence electrons. The number of pyridine rings is 1. The summed E-state index contributed by atoms with van der Waals surface area (Å²) in [6.45, 7) is 0. The zero-order valence-electron chi connectivity index (χ0n) is 13.2. The molecule has 1 saturated carbocycles. The summed E-state index contributed by atoms with van der Waals surface area (Å²) in [5.74, 6) is 0.508. The van der Waals surface area contributed by atoms with Crippen LogP contribution in [0.15, 0.2) is 40.2 Å². The number of thioether (sulfide) groups is 1. The van der Waals surface area contributed by atoms with Crippen molar-refractivity contribution in [2.75, 3.05) is 5.75 Å². The van der Waals surface area contributed by atoms with Crippen LogP contribution in [-0.4, -0.2) is 31.4 Å². The lowest BCUT2D eigenvalue weighted by Crippen LogP contribution is -2.29. The van der Waals surface area contributed by atoms with Gasteiger partial charge in [0.2, 0.25) is 0 Å². The molecule has 7 heteroatoms. The number of rotatable bonds is 3. The normalized spacial score (nSPS) is 19.3. The molecule has 1 aliphatic heterocycles. The number of carboxylic acids is 1. The molecule has 3 heterocycles. The molecule has 1 unspecified atom stereocenters. The summed E-state index contributed by atoms with van der Waals surface area (Å²) >= 11 is 1.47. The number of H-pyrrole nitrogens is 1. The van der Waals surface area contributed by atoms with Gasteiger partial charge in [0.25, 0.3) is 5.56 Å². The molecule has 0 bridgehead atoms. The zero-order valence-corrected chi connectivity index (χ0v) is 14.0. The second-order valence-corrected chi connectivity index (χ2v) is 7.54. The number of hydrogen-bond donors (Lipinski definition) is 2. The topological polar surface area (TPSA) is 88.0 Å². The minimum atomic E-state index is -0.952. The number of carboxylic acid groups (broad SMARTS) is 1. The van der Waals surface area contributed by atoms with E-state index in [2.05, 4.69) is 9.97 Å². The molecule has 2 N–H and O–H groups in total. The van der Waals surface area contributed by atoms with Gasteiger partial charge in [-0.25, -0.2) is 9.78 Å². The second-order valence-electron chi connectivity index (χ2n) is 6.53. The molecule has 1 aromatic carbocycles. The molecule has 0 radical (unpaired) electrons. The quantitative estimate of drug-likeness (QED) is 0.756. The number of nitrogens with one attached hydrogen (secondary N) is 1. The van der Waals surface area contributed by atoms with Crippen LogP contribution in [0.5, 0.6) is 0 Å². The van der Waals surface area contributed by atoms with Crippen LogP contribution in [0.3, 0.4) is 0 Å². The number of aromatic amines is 1. The van der Waals surface area contributed by atoms with Gasteiger partial charge in [0.1, 0.15) is 11.9 Å². The van der Waals surface area contributed by atoms with Crippen LogP contribution in [0.4, 0.5) is 0 Å². The third kappa shape index (κ3) is 2.22. The van der Waals surface area contributed by atoms with E-state index in [4.69, 9.17) is 0 Å². The van der Waals surface area contributed by atoms with E-state index in [1.54, 1.807) is 6.07 Å². The molecule has 1 fully saturated rings. The first kappa shape index (κ1) is 14.8. The van der Waals surface area contributed by atoms with Crippen molar-refractivity contribution in [3.05, 3.63) is 46.2 Å². The van der Waals surface area contributed by atoms with Gasteiger partial charge in [-0.3, -0.25) is 9.36 Å². The fourth-order valence-corrected chi connectivity index (χ4v) is 4.91. The van der Waals surface area contributed by atoms with E-state index in [1.807, 2.05) is 24.3 Å². The summed E-state index contributed by atoms with van der Waals surface area (Å²) < 4.78 is 1.45. The van der Waals surface area contributed by atoms with Crippen molar-refractivity contribution in [3.8, 4) is 11.4 Å². The maximum absolute atomic E-state index is 12.7. The van der Waals surface area contributed by atoms with E-state index in [1.165, 1.54) is 16.3 Å². The molecule has 0 spiro atoms. The van der Waals surface area contributed by atoms with Crippen LogP contribution in [0.2, 0.25) is 0 Å². The van der Waals surface area contributed by atoms with Crippen LogP contribution >= 0.6 is 11.8 Å². The van der Waals surface area contributed by atoms with Gasteiger partial charge in [-0.1, -0.05) is 12.1 Å². The molecule has 3 aromatic rings. The van der Waals surface area contributed by atoms with Crippen molar-refractivity contribution in [2.45, 2.75) is 29.8 Å². The van der Waals surface area contributed by atoms with Gasteiger partial charge in [-0.05, 0) is 36.5 Å². The molecule has 2 aromatic heterocycles. The predicted octanol–water partition coefficient (Wildman–Crippen LogP) is 3.00. The highest BCUT2D eigenvalue weighted by Gasteiger charge is 2.38. The van der Waals surface area contributed by atoms with E-state index >= 15 is 0 Å². The Labute approximate surface area is 146 Å². The number of aromatic nitrogens is 3. The Hall–Kier alpha value is -2.54. The predicted molar refractivity (Wildman–Crippen MR) is 95.2 cm³/mol. The number of carbonyl (C=O) groups is 1. The van der Waals surface area contributed by atoms with Gasteiger partial charge in [-0.2, -0.15) is 0 Å². The molecule has 0 amide bonds. The minimum Gasteiger partial charge on any atom is -0.480 e. The van der Waals surface area contributed by atoms with Gasteiger partial charge >= 0.3 is 5.97 Å². The lowest BCUT2D eigenvalue weighted by atomic mass is 10.0. The SMILES string of the molecule is O=C(O)C1CSc2c(C3CC3)c(-c3nc4ccccc4[nH]3)cc(=O)n21. The largest absolute Gasteiger partial charge is 0.480 e. The first-order valence-corrected chi connectivity index (χ1v) is 9.22. The first-order chi connectivity index (χ1) is 12.1. The molecule has 2 aliphatic rings. The number of fused-ring (bicyclic) bond motifs is 2. The smallest absolute Gasteiger partial charge is 0.327 e. The standard InChI is InChI=1S/C18H15N3O3S/c22-14-7-10(16-19-11-3-1-2-4-12(11)20-16)15(9-5-6-9)17-21(14)13(8-25-17)18(23)24/h1-4,7,9,13H,5-6,8H2,(H,19,20)(H,23,24). The summed E-state index contributed by atoms with van der Waals surface area (Å²) in [5.41, 5.74) is 3.40. The van der Waals surface area contributed by atoms with Crippen molar-refractivity contribution in [1.29, 1.82) is 0 Å². The molecular weight excluding hydrogens is 338 g/mol. The van der Waals surface area contributed by atoms with Crippen LogP contribution in [0, 0.1) is 0 Å². The maximum Gasteiger partial charge on any atom is 0.327 e. The van der Waals surface area contributed by atoms with Gasteiger partial charge in [-0.15, -0.1) is 11.8 Å². The maximum atomic E-state index is 12.7. The van der Waals surface area contributed by atoms with Crippen molar-refractivity contribution in [2.24, 2.45) is 0 Å². The Kier molecular flexibility index (Phi) is 3.09. The summed E-state index contributed by atoms with van der Waals surface area (Å²) in [7, 11) is 0. The highest BCUT2D eigenvalue weighted by atomic mass is 32.2. The molecule has 5 rings (SSSR count). The fraction of sp³-hybridized carbons (Fsp3) is 0.278. The molecular formula is C18H15N3O3S. The summed E-state index contributed by atoms with van der Waals surface area (Å²) in [6.07, 6.45) is 2.13. The Balaban J connectivity index is 1.77. The highest BCUT2D eigenvalue weighted by molar-refractivity contribution is 7.99. The summed E-state index contributed by atoms with van der Waals surface area (Å²) in [6, 6.07) is 8.53. The highest BCUT2D eigenvalue weighted by Crippen LogP contribution is 2.50. The minimum absolute atomic E-state index is 0.271. The fourth-order valence-electron chi connectivity index (χ4n) is 3.52. The summed E-state index contributed by atoms with van der Waals surface area (Å²) in [5, 5.41) is 10.2. The van der Waals surface area contributed by atoms with Crippen LogP contribution in [0.1, 0.15) is 30.4 Å². The van der Waals surface area contributed by atoms with Gasteiger partial charge < -0.3 is 10.1 Å². The third-order valence-electron chi connectivity index (χ3n) is 4.85. The van der Waals surface area contributed by atoms with Gasteiger partial charge in [0.15, 0.2) is 0 Å². The van der Waals surface area contributed by atoms with Crippen molar-refractivity contribution < 1.29 is 9.90 Å². The van der Waals surface area contributed by atoms with E-state index in [-0.39, 0.29) is 5.56 Å². The average molecular weight is 353 g/mol. The monoisotopic (exact) mass is 353 g/mol. The molecule has 6 nitrogen and oxygen atoms in total. The molecule has 25 heavy (non-hydrogen) atoms. The van der Waals surface area contributed by atoms with E-state index in [0.717, 1.165) is 40.0 Å². The van der Waals surface area contributed by atoms with Crippen LogP contribution in [0.25, 0.3) is 22.4 Å². The number of benzene rings is 1. The molecule has 0 saturated heterocycles. The Morgan fingerprint density at radius 3 is 2.84 bits per heavy atom. The third-order valence-corrected chi connectivity index (χ3v) is 6.02. The van der Waals surface area contributed by atoms with Crippen LogP contribution in [-0.2, 0) is 4.79 Å². The van der Waals surface area contributed by atoms with E-state index < -0.39 is 12.0 Å². The number of hydrogen-bond acceptors (Lipinski definition) is 4. The Bertz CT molecular complexity index is 1050. The van der Waals surface area contributed by atoms with E-state index in [0.29, 0.717) is 17.5 Å². The first-order valence-electron chi connectivity index (χ1n) is 8.23. The van der Waals surface area contributed by atoms with E-state index in [9.17, 15) is 14.7 Å². The van der Waals surface area contributed by atoms with Crippen molar-refractivity contribution in [1.82, 2.24) is 14.5 Å². The second kappa shape index (κ2) is 5.23. The zero-order chi connectivity index (χ0) is 17.1. The van der Waals surface area contributed by atoms with Crippen molar-refractivity contribution in [3.63, 3.8) is 0 Å². The lowest BCUT2D eigenvalue weighted by molar-refractivity contribution is -0.140. The van der Waals surface area contributed by atoms with Gasteiger partial charge in [0, 0.05) is 17.4 Å². The Morgan fingerprint density at radius 2 is 2.12 bits per heavy atom. The molecule has 1 atom stereocenters. The lowest BCUT2D eigenvalue weighted by Gasteiger charge is -2.15. The average Bonchev–Trinajstić information content (AvgIpc) is 3.17. The Morgan fingerprint density at radius 1 is 1.32 bits per heavy atom. The summed E-state index contributed by atoms with van der Waals surface area (Å²) in [4.78, 5) is 32.1. The van der Waals surface area contributed by atoms with Crippen molar-refractivity contribution >= 4 is 28.8 Å². The number of para-hydroxylation sites is 2. The van der Waals surface area contributed by atoms with Crippen LogP contribution < -0.4 is 5.56 Å². The number of aliphatic carboxylic acids is 1. The number of imidazole rings is 1. The van der Waals surface area contributed by atoms with Gasteiger partial charge in [0.05, 0.1) is 16.1 Å². The molecule has 1 aliphatic carbocycles.